The SMILES string of the molecule is Cc1cc(C)n2c(=O)c(NC(=O)c3ccccc3)cnc2n1. The zero-order valence-corrected chi connectivity index (χ0v) is 12.2. The summed E-state index contributed by atoms with van der Waals surface area (Å²) in [6, 6.07) is 10.5. The van der Waals surface area contributed by atoms with Gasteiger partial charge in [-0.05, 0) is 32.0 Å². The van der Waals surface area contributed by atoms with Gasteiger partial charge in [-0.15, -0.1) is 0 Å². The minimum atomic E-state index is -0.350. The van der Waals surface area contributed by atoms with Crippen LogP contribution in [0.15, 0.2) is 47.4 Å². The third-order valence-electron chi connectivity index (χ3n) is 3.27. The molecule has 1 aromatic carbocycles. The minimum absolute atomic E-state index is 0.125. The molecular formula is C16H14N4O2. The Balaban J connectivity index is 2.04. The predicted octanol–water partition coefficient (Wildman–Crippen LogP) is 1.96. The Labute approximate surface area is 126 Å². The summed E-state index contributed by atoms with van der Waals surface area (Å²) in [5, 5.41) is 2.60. The molecule has 3 rings (SSSR count). The number of carbonyl (C=O) groups is 1. The maximum Gasteiger partial charge on any atom is 0.283 e. The van der Waals surface area contributed by atoms with E-state index in [0.717, 1.165) is 11.4 Å². The molecule has 0 saturated heterocycles. The lowest BCUT2D eigenvalue weighted by Crippen LogP contribution is -2.25. The molecule has 1 amide bonds. The predicted molar refractivity (Wildman–Crippen MR) is 83.1 cm³/mol. The molecule has 2 aromatic heterocycles. The Bertz CT molecular complexity index is 917. The van der Waals surface area contributed by atoms with Crippen LogP contribution in [0.5, 0.6) is 0 Å². The Morgan fingerprint density at radius 3 is 2.64 bits per heavy atom. The lowest BCUT2D eigenvalue weighted by Gasteiger charge is -2.08. The van der Waals surface area contributed by atoms with E-state index in [9.17, 15) is 9.59 Å². The number of hydrogen-bond donors (Lipinski definition) is 1. The van der Waals surface area contributed by atoms with Crippen molar-refractivity contribution in [3.8, 4) is 0 Å². The molecule has 0 bridgehead atoms. The smallest absolute Gasteiger partial charge is 0.283 e. The van der Waals surface area contributed by atoms with E-state index in [0.29, 0.717) is 11.3 Å². The molecule has 0 saturated carbocycles. The van der Waals surface area contributed by atoms with E-state index in [-0.39, 0.29) is 17.2 Å². The molecule has 3 aromatic rings. The van der Waals surface area contributed by atoms with E-state index >= 15 is 0 Å². The van der Waals surface area contributed by atoms with Crippen LogP contribution >= 0.6 is 0 Å². The lowest BCUT2D eigenvalue weighted by molar-refractivity contribution is 0.102. The average molecular weight is 294 g/mol. The molecule has 0 aliphatic carbocycles. The first-order valence-corrected chi connectivity index (χ1v) is 6.78. The summed E-state index contributed by atoms with van der Waals surface area (Å²) < 4.78 is 1.38. The van der Waals surface area contributed by atoms with Crippen LogP contribution in [0.25, 0.3) is 5.78 Å². The van der Waals surface area contributed by atoms with Crippen LogP contribution in [0.2, 0.25) is 0 Å². The number of hydrogen-bond acceptors (Lipinski definition) is 4. The Morgan fingerprint density at radius 1 is 1.18 bits per heavy atom. The second-order valence-electron chi connectivity index (χ2n) is 4.97. The molecule has 1 N–H and O–H groups in total. The highest BCUT2D eigenvalue weighted by molar-refractivity contribution is 6.04. The van der Waals surface area contributed by atoms with Crippen LogP contribution in [-0.4, -0.2) is 20.3 Å². The molecule has 6 heteroatoms. The number of aromatic nitrogens is 3. The maximum atomic E-state index is 12.5. The standard InChI is InChI=1S/C16H14N4O2/c1-10-8-11(2)20-15(22)13(9-17-16(20)18-10)19-14(21)12-6-4-3-5-7-12/h3-9H,1-2H3,(H,19,21). The topological polar surface area (TPSA) is 76.4 Å². The van der Waals surface area contributed by atoms with Gasteiger partial charge >= 0.3 is 0 Å². The molecule has 0 radical (unpaired) electrons. The number of nitrogens with zero attached hydrogens (tertiary/aromatic N) is 3. The van der Waals surface area contributed by atoms with Crippen LogP contribution in [0, 0.1) is 13.8 Å². The molecular weight excluding hydrogens is 280 g/mol. The van der Waals surface area contributed by atoms with Gasteiger partial charge in [0.05, 0.1) is 6.20 Å². The molecule has 0 atom stereocenters. The first-order valence-electron chi connectivity index (χ1n) is 6.78. The van der Waals surface area contributed by atoms with Crippen molar-refractivity contribution in [1.82, 2.24) is 14.4 Å². The number of amides is 1. The van der Waals surface area contributed by atoms with Crippen molar-refractivity contribution in [1.29, 1.82) is 0 Å². The van der Waals surface area contributed by atoms with Crippen LogP contribution in [0.4, 0.5) is 5.69 Å². The Hall–Kier alpha value is -3.02. The molecule has 110 valence electrons. The summed E-state index contributed by atoms with van der Waals surface area (Å²) in [5.74, 6) is -0.0302. The summed E-state index contributed by atoms with van der Waals surface area (Å²) >= 11 is 0. The minimum Gasteiger partial charge on any atom is -0.316 e. The van der Waals surface area contributed by atoms with Gasteiger partial charge in [-0.3, -0.25) is 9.59 Å². The summed E-state index contributed by atoms with van der Waals surface area (Å²) in [4.78, 5) is 33.0. The van der Waals surface area contributed by atoms with Crippen LogP contribution < -0.4 is 10.9 Å². The first-order chi connectivity index (χ1) is 10.6. The van der Waals surface area contributed by atoms with Crippen LogP contribution in [-0.2, 0) is 0 Å². The Morgan fingerprint density at radius 2 is 1.91 bits per heavy atom. The van der Waals surface area contributed by atoms with Crippen molar-refractivity contribution in [2.45, 2.75) is 13.8 Å². The van der Waals surface area contributed by atoms with Crippen LogP contribution in [0.3, 0.4) is 0 Å². The van der Waals surface area contributed by atoms with Crippen LogP contribution in [0.1, 0.15) is 21.7 Å². The summed E-state index contributed by atoms with van der Waals surface area (Å²) in [6.45, 7) is 3.64. The normalized spacial score (nSPS) is 10.6. The van der Waals surface area contributed by atoms with Gasteiger partial charge in [-0.25, -0.2) is 14.4 Å². The molecule has 0 spiro atoms. The van der Waals surface area contributed by atoms with Crippen molar-refractivity contribution in [2.24, 2.45) is 0 Å². The second-order valence-corrected chi connectivity index (χ2v) is 4.97. The van der Waals surface area contributed by atoms with E-state index in [1.54, 1.807) is 37.3 Å². The van der Waals surface area contributed by atoms with Crippen molar-refractivity contribution in [2.75, 3.05) is 5.32 Å². The molecule has 0 aliphatic rings. The molecule has 6 nitrogen and oxygen atoms in total. The van der Waals surface area contributed by atoms with Gasteiger partial charge in [0.2, 0.25) is 5.78 Å². The first kappa shape index (κ1) is 13.9. The highest BCUT2D eigenvalue weighted by atomic mass is 16.2. The van der Waals surface area contributed by atoms with E-state index in [1.807, 2.05) is 13.0 Å². The monoisotopic (exact) mass is 294 g/mol. The third-order valence-corrected chi connectivity index (χ3v) is 3.27. The number of anilines is 1. The molecule has 2 heterocycles. The highest BCUT2D eigenvalue weighted by Crippen LogP contribution is 2.07. The summed E-state index contributed by atoms with van der Waals surface area (Å²) in [7, 11) is 0. The van der Waals surface area contributed by atoms with E-state index in [2.05, 4.69) is 15.3 Å². The van der Waals surface area contributed by atoms with Gasteiger partial charge in [0.1, 0.15) is 5.69 Å². The molecule has 0 unspecified atom stereocenters. The Kier molecular flexibility index (Phi) is 3.42. The van der Waals surface area contributed by atoms with Crippen molar-refractivity contribution in [3.05, 3.63) is 69.9 Å². The van der Waals surface area contributed by atoms with E-state index in [4.69, 9.17) is 0 Å². The number of carbonyl (C=O) groups excluding carboxylic acids is 1. The number of nitrogens with one attached hydrogen (secondary N) is 1. The summed E-state index contributed by atoms with van der Waals surface area (Å²) in [5.41, 5.74) is 1.76. The van der Waals surface area contributed by atoms with Crippen molar-refractivity contribution in [3.63, 3.8) is 0 Å². The number of aryl methyl sites for hydroxylation is 2. The third kappa shape index (κ3) is 2.46. The average Bonchev–Trinajstić information content (AvgIpc) is 2.50. The fourth-order valence-electron chi connectivity index (χ4n) is 2.27. The van der Waals surface area contributed by atoms with Gasteiger partial charge in [0.25, 0.3) is 11.5 Å². The van der Waals surface area contributed by atoms with Gasteiger partial charge < -0.3 is 5.32 Å². The largest absolute Gasteiger partial charge is 0.316 e. The number of rotatable bonds is 2. The van der Waals surface area contributed by atoms with Gasteiger partial charge in [0.15, 0.2) is 0 Å². The maximum absolute atomic E-state index is 12.5. The lowest BCUT2D eigenvalue weighted by atomic mass is 10.2. The zero-order chi connectivity index (χ0) is 15.7. The molecule has 0 fully saturated rings. The number of benzene rings is 1. The fourth-order valence-corrected chi connectivity index (χ4v) is 2.27. The molecule has 22 heavy (non-hydrogen) atoms. The van der Waals surface area contributed by atoms with E-state index < -0.39 is 0 Å². The van der Waals surface area contributed by atoms with Gasteiger partial charge in [-0.2, -0.15) is 0 Å². The molecule has 0 aliphatic heterocycles. The van der Waals surface area contributed by atoms with Gasteiger partial charge in [-0.1, -0.05) is 18.2 Å². The summed E-state index contributed by atoms with van der Waals surface area (Å²) in [6.07, 6.45) is 1.34. The van der Waals surface area contributed by atoms with Crippen molar-refractivity contribution < 1.29 is 4.79 Å². The zero-order valence-electron chi connectivity index (χ0n) is 12.2. The second kappa shape index (κ2) is 5.40. The fraction of sp³-hybridized carbons (Fsp3) is 0.125. The number of fused-ring (bicyclic) bond motifs is 1. The highest BCUT2D eigenvalue weighted by Gasteiger charge is 2.12. The van der Waals surface area contributed by atoms with E-state index in [1.165, 1.54) is 10.6 Å². The van der Waals surface area contributed by atoms with Gasteiger partial charge in [0, 0.05) is 17.0 Å². The van der Waals surface area contributed by atoms with Crippen molar-refractivity contribution >= 4 is 17.4 Å². The quantitative estimate of drug-likeness (QED) is 0.784.